The van der Waals surface area contributed by atoms with Crippen molar-refractivity contribution in [3.63, 3.8) is 0 Å². The number of nitrogens with zero attached hydrogens (tertiary/aromatic N) is 1. The third-order valence-corrected chi connectivity index (χ3v) is 2.17. The molecule has 1 aliphatic heterocycles. The van der Waals surface area contributed by atoms with Crippen LogP contribution < -0.4 is 5.32 Å². The molecule has 2 rings (SSSR count). The summed E-state index contributed by atoms with van der Waals surface area (Å²) in [6.45, 7) is 5.16. The van der Waals surface area contributed by atoms with E-state index in [2.05, 4.69) is 22.4 Å². The highest BCUT2D eigenvalue weighted by atomic mass is 14.9. The minimum atomic E-state index is 0.581. The van der Waals surface area contributed by atoms with Gasteiger partial charge in [-0.15, -0.1) is 0 Å². The van der Waals surface area contributed by atoms with E-state index in [4.69, 9.17) is 0 Å². The van der Waals surface area contributed by atoms with Crippen LogP contribution in [0.4, 0.5) is 0 Å². The largest absolute Gasteiger partial charge is 0.310 e. The van der Waals surface area contributed by atoms with E-state index >= 15 is 0 Å². The van der Waals surface area contributed by atoms with Crippen LogP contribution in [0.3, 0.4) is 0 Å². The molecular weight excluding hydrogens is 160 g/mol. The lowest BCUT2D eigenvalue weighted by molar-refractivity contribution is 0.647. The standard InChI is InChI=1S/C9H12N2.C2H6/c1-2-9(11-5-1)8-3-6-10-7-4-8;1-2/h3-4,6-7,9,11H,1-2,5H2;1-2H3. The fourth-order valence-electron chi connectivity index (χ4n) is 1.56. The van der Waals surface area contributed by atoms with E-state index in [9.17, 15) is 0 Å². The third kappa shape index (κ3) is 2.81. The molecule has 1 saturated heterocycles. The number of aromatic nitrogens is 1. The molecule has 2 heterocycles. The molecule has 0 bridgehead atoms. The maximum atomic E-state index is 3.99. The molecule has 72 valence electrons. The van der Waals surface area contributed by atoms with Gasteiger partial charge in [0.2, 0.25) is 0 Å². The fourth-order valence-corrected chi connectivity index (χ4v) is 1.56. The molecule has 1 unspecified atom stereocenters. The average molecular weight is 178 g/mol. The summed E-state index contributed by atoms with van der Waals surface area (Å²) in [5.74, 6) is 0. The van der Waals surface area contributed by atoms with E-state index in [1.165, 1.54) is 18.4 Å². The van der Waals surface area contributed by atoms with E-state index in [0.29, 0.717) is 6.04 Å². The Labute approximate surface area is 80.4 Å². The van der Waals surface area contributed by atoms with Gasteiger partial charge in [0.05, 0.1) is 0 Å². The summed E-state index contributed by atoms with van der Waals surface area (Å²) in [6.07, 6.45) is 6.28. The molecule has 0 radical (unpaired) electrons. The normalized spacial score (nSPS) is 20.6. The van der Waals surface area contributed by atoms with Gasteiger partial charge >= 0.3 is 0 Å². The van der Waals surface area contributed by atoms with Crippen molar-refractivity contribution in [2.75, 3.05) is 6.54 Å². The van der Waals surface area contributed by atoms with Crippen molar-refractivity contribution in [1.82, 2.24) is 10.3 Å². The fraction of sp³-hybridized carbons (Fsp3) is 0.545. The molecule has 1 aromatic heterocycles. The van der Waals surface area contributed by atoms with Crippen LogP contribution in [0.15, 0.2) is 24.5 Å². The molecule has 0 aromatic carbocycles. The lowest BCUT2D eigenvalue weighted by Gasteiger charge is -2.08. The topological polar surface area (TPSA) is 24.9 Å². The van der Waals surface area contributed by atoms with Crippen LogP contribution in [0.25, 0.3) is 0 Å². The van der Waals surface area contributed by atoms with Crippen LogP contribution in [-0.4, -0.2) is 11.5 Å². The predicted octanol–water partition coefficient (Wildman–Crippen LogP) is 2.53. The minimum Gasteiger partial charge on any atom is -0.310 e. The zero-order chi connectivity index (χ0) is 9.52. The number of rotatable bonds is 1. The summed E-state index contributed by atoms with van der Waals surface area (Å²) in [4.78, 5) is 3.99. The van der Waals surface area contributed by atoms with Gasteiger partial charge in [0.1, 0.15) is 0 Å². The quantitative estimate of drug-likeness (QED) is 0.714. The highest BCUT2D eigenvalue weighted by Gasteiger charge is 2.14. The molecule has 13 heavy (non-hydrogen) atoms. The highest BCUT2D eigenvalue weighted by molar-refractivity contribution is 5.15. The average Bonchev–Trinajstić information content (AvgIpc) is 2.75. The number of pyridine rings is 1. The highest BCUT2D eigenvalue weighted by Crippen LogP contribution is 2.21. The Morgan fingerprint density at radius 1 is 1.31 bits per heavy atom. The summed E-state index contributed by atoms with van der Waals surface area (Å²) in [5, 5.41) is 3.45. The number of hydrogen-bond donors (Lipinski definition) is 1. The lowest BCUT2D eigenvalue weighted by atomic mass is 10.1. The summed E-state index contributed by atoms with van der Waals surface area (Å²) >= 11 is 0. The van der Waals surface area contributed by atoms with E-state index in [1.54, 1.807) is 0 Å². The summed E-state index contributed by atoms with van der Waals surface area (Å²) in [7, 11) is 0. The van der Waals surface area contributed by atoms with Gasteiger partial charge in [-0.2, -0.15) is 0 Å². The van der Waals surface area contributed by atoms with Crippen molar-refractivity contribution in [1.29, 1.82) is 0 Å². The number of nitrogens with one attached hydrogen (secondary N) is 1. The van der Waals surface area contributed by atoms with Gasteiger partial charge < -0.3 is 5.32 Å². The second-order valence-electron chi connectivity index (χ2n) is 2.93. The zero-order valence-corrected chi connectivity index (χ0v) is 8.46. The molecule has 2 heteroatoms. The first kappa shape index (κ1) is 10.2. The molecular formula is C11H18N2. The Morgan fingerprint density at radius 2 is 2.00 bits per heavy atom. The molecule has 1 aliphatic rings. The van der Waals surface area contributed by atoms with Gasteiger partial charge in [-0.05, 0) is 37.1 Å². The Kier molecular flexibility index (Phi) is 4.47. The van der Waals surface area contributed by atoms with Crippen LogP contribution in [0.2, 0.25) is 0 Å². The SMILES string of the molecule is CC.c1cc(C2CCCN2)ccn1. The van der Waals surface area contributed by atoms with Crippen LogP contribution >= 0.6 is 0 Å². The first-order valence-electron chi connectivity index (χ1n) is 5.10. The van der Waals surface area contributed by atoms with Gasteiger partial charge in [0, 0.05) is 18.4 Å². The Bertz CT molecular complexity index is 215. The summed E-state index contributed by atoms with van der Waals surface area (Å²) < 4.78 is 0. The van der Waals surface area contributed by atoms with E-state index in [1.807, 2.05) is 26.2 Å². The van der Waals surface area contributed by atoms with Crippen molar-refractivity contribution in [2.24, 2.45) is 0 Å². The van der Waals surface area contributed by atoms with E-state index in [0.717, 1.165) is 6.54 Å². The predicted molar refractivity (Wildman–Crippen MR) is 55.6 cm³/mol. The minimum absolute atomic E-state index is 0.581. The maximum absolute atomic E-state index is 3.99. The van der Waals surface area contributed by atoms with Gasteiger partial charge in [-0.3, -0.25) is 4.98 Å². The lowest BCUT2D eigenvalue weighted by Crippen LogP contribution is -2.12. The smallest absolute Gasteiger partial charge is 0.0321 e. The molecule has 0 saturated carbocycles. The van der Waals surface area contributed by atoms with Crippen molar-refractivity contribution in [2.45, 2.75) is 32.7 Å². The Hall–Kier alpha value is -0.890. The van der Waals surface area contributed by atoms with Crippen molar-refractivity contribution < 1.29 is 0 Å². The summed E-state index contributed by atoms with van der Waals surface area (Å²) in [6, 6.07) is 4.75. The molecule has 2 nitrogen and oxygen atoms in total. The van der Waals surface area contributed by atoms with E-state index < -0.39 is 0 Å². The molecule has 0 amide bonds. The van der Waals surface area contributed by atoms with Crippen molar-refractivity contribution in [3.05, 3.63) is 30.1 Å². The maximum Gasteiger partial charge on any atom is 0.0321 e. The monoisotopic (exact) mass is 178 g/mol. The van der Waals surface area contributed by atoms with Crippen molar-refractivity contribution in [3.8, 4) is 0 Å². The van der Waals surface area contributed by atoms with Crippen LogP contribution in [0, 0.1) is 0 Å². The zero-order valence-electron chi connectivity index (χ0n) is 8.46. The number of hydrogen-bond acceptors (Lipinski definition) is 2. The second-order valence-corrected chi connectivity index (χ2v) is 2.93. The van der Waals surface area contributed by atoms with Crippen molar-refractivity contribution >= 4 is 0 Å². The van der Waals surface area contributed by atoms with Crippen LogP contribution in [0.1, 0.15) is 38.3 Å². The van der Waals surface area contributed by atoms with Crippen LogP contribution in [0.5, 0.6) is 0 Å². The Morgan fingerprint density at radius 3 is 2.54 bits per heavy atom. The van der Waals surface area contributed by atoms with E-state index in [-0.39, 0.29) is 0 Å². The molecule has 1 aromatic rings. The first-order chi connectivity index (χ1) is 6.47. The third-order valence-electron chi connectivity index (χ3n) is 2.17. The van der Waals surface area contributed by atoms with Gasteiger partial charge in [-0.1, -0.05) is 13.8 Å². The molecule has 1 atom stereocenters. The Balaban J connectivity index is 0.000000396. The molecule has 1 N–H and O–H groups in total. The van der Waals surface area contributed by atoms with Gasteiger partial charge in [0.25, 0.3) is 0 Å². The van der Waals surface area contributed by atoms with Crippen LogP contribution in [-0.2, 0) is 0 Å². The molecule has 0 aliphatic carbocycles. The summed E-state index contributed by atoms with van der Waals surface area (Å²) in [5.41, 5.74) is 1.37. The molecule has 0 spiro atoms. The second kappa shape index (κ2) is 5.70. The van der Waals surface area contributed by atoms with Gasteiger partial charge in [0.15, 0.2) is 0 Å². The molecule has 1 fully saturated rings. The first-order valence-corrected chi connectivity index (χ1v) is 5.10. The van der Waals surface area contributed by atoms with Gasteiger partial charge in [-0.25, -0.2) is 0 Å².